The van der Waals surface area contributed by atoms with Crippen molar-refractivity contribution in [3.63, 3.8) is 0 Å². The topological polar surface area (TPSA) is 82.5 Å². The van der Waals surface area contributed by atoms with Gasteiger partial charge in [0.05, 0.1) is 0 Å². The maximum atomic E-state index is 12.1. The summed E-state index contributed by atoms with van der Waals surface area (Å²) in [6.07, 6.45) is 5.26. The Labute approximate surface area is 166 Å². The fourth-order valence-electron chi connectivity index (χ4n) is 3.81. The van der Waals surface area contributed by atoms with Crippen molar-refractivity contribution in [1.29, 1.82) is 0 Å². The molecule has 0 N–H and O–H groups in total. The SMILES string of the molecule is Cc1cc(N2CCN(c3ncccc3S(C)(=O)=O)CC2)nc(N2CCCC2)n1. The fraction of sp³-hybridized carbons (Fsp3) is 0.526. The Hall–Kier alpha value is -2.42. The Bertz CT molecular complexity index is 951. The molecule has 0 atom stereocenters. The van der Waals surface area contributed by atoms with Crippen LogP contribution in [0.3, 0.4) is 0 Å². The van der Waals surface area contributed by atoms with E-state index in [0.29, 0.717) is 18.9 Å². The lowest BCUT2D eigenvalue weighted by Crippen LogP contribution is -2.47. The summed E-state index contributed by atoms with van der Waals surface area (Å²) in [5.41, 5.74) is 0.971. The Morgan fingerprint density at radius 1 is 0.929 bits per heavy atom. The molecule has 2 aromatic rings. The molecule has 0 bridgehead atoms. The number of aromatic nitrogens is 3. The maximum absolute atomic E-state index is 12.1. The zero-order chi connectivity index (χ0) is 19.7. The average Bonchev–Trinajstić information content (AvgIpc) is 3.22. The van der Waals surface area contributed by atoms with Gasteiger partial charge in [0, 0.05) is 63.5 Å². The van der Waals surface area contributed by atoms with Crippen LogP contribution in [0.5, 0.6) is 0 Å². The molecule has 0 aliphatic carbocycles. The first kappa shape index (κ1) is 18.9. The molecule has 0 unspecified atom stereocenters. The van der Waals surface area contributed by atoms with Gasteiger partial charge in [0.2, 0.25) is 5.95 Å². The number of aryl methyl sites for hydroxylation is 1. The van der Waals surface area contributed by atoms with Crippen molar-refractivity contribution in [3.05, 3.63) is 30.1 Å². The van der Waals surface area contributed by atoms with E-state index in [1.54, 1.807) is 18.3 Å². The Balaban J connectivity index is 1.51. The van der Waals surface area contributed by atoms with E-state index in [1.807, 2.05) is 17.9 Å². The van der Waals surface area contributed by atoms with Gasteiger partial charge in [-0.3, -0.25) is 0 Å². The summed E-state index contributed by atoms with van der Waals surface area (Å²) in [4.78, 5) is 20.6. The van der Waals surface area contributed by atoms with E-state index in [-0.39, 0.29) is 4.90 Å². The van der Waals surface area contributed by atoms with Crippen LogP contribution in [0.2, 0.25) is 0 Å². The lowest BCUT2D eigenvalue weighted by molar-refractivity contribution is 0.597. The third-order valence-corrected chi connectivity index (χ3v) is 6.39. The van der Waals surface area contributed by atoms with E-state index < -0.39 is 9.84 Å². The van der Waals surface area contributed by atoms with Crippen LogP contribution >= 0.6 is 0 Å². The number of hydrogen-bond acceptors (Lipinski definition) is 8. The minimum Gasteiger partial charge on any atom is -0.353 e. The van der Waals surface area contributed by atoms with Gasteiger partial charge in [-0.15, -0.1) is 0 Å². The van der Waals surface area contributed by atoms with Gasteiger partial charge in [0.15, 0.2) is 9.84 Å². The molecule has 4 heterocycles. The zero-order valence-corrected chi connectivity index (χ0v) is 17.2. The standard InChI is InChI=1S/C19H26N6O2S/c1-15-14-17(22-19(21-15)25-8-3-4-9-25)23-10-12-24(13-11-23)18-16(28(2,26)27)6-5-7-20-18/h5-7,14H,3-4,8-13H2,1-2H3. The van der Waals surface area contributed by atoms with Gasteiger partial charge in [-0.1, -0.05) is 0 Å². The second-order valence-corrected chi connectivity index (χ2v) is 9.42. The first-order valence-corrected chi connectivity index (χ1v) is 11.6. The van der Waals surface area contributed by atoms with E-state index in [9.17, 15) is 8.42 Å². The van der Waals surface area contributed by atoms with Crippen molar-refractivity contribution >= 4 is 27.4 Å². The van der Waals surface area contributed by atoms with Crippen LogP contribution < -0.4 is 14.7 Å². The third kappa shape index (κ3) is 3.89. The maximum Gasteiger partial charge on any atom is 0.227 e. The minimum absolute atomic E-state index is 0.289. The highest BCUT2D eigenvalue weighted by atomic mass is 32.2. The lowest BCUT2D eigenvalue weighted by Gasteiger charge is -2.36. The van der Waals surface area contributed by atoms with Crippen molar-refractivity contribution in [1.82, 2.24) is 15.0 Å². The second kappa shape index (κ2) is 7.54. The summed E-state index contributed by atoms with van der Waals surface area (Å²) in [5.74, 6) is 2.30. The first-order valence-electron chi connectivity index (χ1n) is 9.67. The molecular weight excluding hydrogens is 376 g/mol. The van der Waals surface area contributed by atoms with Crippen molar-refractivity contribution in [2.24, 2.45) is 0 Å². The van der Waals surface area contributed by atoms with Gasteiger partial charge in [-0.25, -0.2) is 18.4 Å². The van der Waals surface area contributed by atoms with Gasteiger partial charge in [-0.05, 0) is 31.9 Å². The number of anilines is 3. The molecule has 2 saturated heterocycles. The molecule has 2 fully saturated rings. The Morgan fingerprint density at radius 2 is 1.61 bits per heavy atom. The molecule has 28 heavy (non-hydrogen) atoms. The molecule has 150 valence electrons. The largest absolute Gasteiger partial charge is 0.353 e. The minimum atomic E-state index is -3.31. The summed E-state index contributed by atoms with van der Waals surface area (Å²) in [5, 5.41) is 0. The molecule has 0 saturated carbocycles. The quantitative estimate of drug-likeness (QED) is 0.761. The van der Waals surface area contributed by atoms with E-state index in [0.717, 1.165) is 43.6 Å². The van der Waals surface area contributed by atoms with Crippen molar-refractivity contribution in [3.8, 4) is 0 Å². The molecule has 0 amide bonds. The third-order valence-electron chi connectivity index (χ3n) is 5.27. The fourth-order valence-corrected chi connectivity index (χ4v) is 4.65. The molecule has 2 aromatic heterocycles. The lowest BCUT2D eigenvalue weighted by atomic mass is 10.3. The van der Waals surface area contributed by atoms with Gasteiger partial charge in [0.1, 0.15) is 16.5 Å². The van der Waals surface area contributed by atoms with Crippen molar-refractivity contribution in [2.45, 2.75) is 24.7 Å². The number of sulfone groups is 1. The van der Waals surface area contributed by atoms with E-state index in [2.05, 4.69) is 19.8 Å². The predicted octanol–water partition coefficient (Wildman–Crippen LogP) is 1.51. The monoisotopic (exact) mass is 402 g/mol. The highest BCUT2D eigenvalue weighted by Crippen LogP contribution is 2.26. The van der Waals surface area contributed by atoms with Crippen LogP contribution in [-0.2, 0) is 9.84 Å². The van der Waals surface area contributed by atoms with E-state index in [1.165, 1.54) is 19.1 Å². The molecular formula is C19H26N6O2S. The van der Waals surface area contributed by atoms with Crippen LogP contribution in [0.15, 0.2) is 29.3 Å². The summed E-state index contributed by atoms with van der Waals surface area (Å²) < 4.78 is 24.2. The Kier molecular flexibility index (Phi) is 5.09. The molecule has 0 radical (unpaired) electrons. The first-order chi connectivity index (χ1) is 13.4. The molecule has 4 rings (SSSR count). The number of pyridine rings is 1. The van der Waals surface area contributed by atoms with Crippen LogP contribution in [0.4, 0.5) is 17.6 Å². The summed E-state index contributed by atoms with van der Waals surface area (Å²) in [7, 11) is -3.31. The highest BCUT2D eigenvalue weighted by molar-refractivity contribution is 7.90. The normalized spacial score (nSPS) is 18.0. The van der Waals surface area contributed by atoms with Crippen molar-refractivity contribution in [2.75, 3.05) is 60.2 Å². The molecule has 0 spiro atoms. The smallest absolute Gasteiger partial charge is 0.227 e. The number of hydrogen-bond donors (Lipinski definition) is 0. The highest BCUT2D eigenvalue weighted by Gasteiger charge is 2.25. The van der Waals surface area contributed by atoms with Crippen LogP contribution in [-0.4, -0.2) is 68.9 Å². The molecule has 8 nitrogen and oxygen atoms in total. The van der Waals surface area contributed by atoms with Gasteiger partial charge in [-0.2, -0.15) is 4.98 Å². The van der Waals surface area contributed by atoms with Crippen molar-refractivity contribution < 1.29 is 8.42 Å². The molecule has 0 aromatic carbocycles. The van der Waals surface area contributed by atoms with Gasteiger partial charge < -0.3 is 14.7 Å². The number of nitrogens with zero attached hydrogens (tertiary/aromatic N) is 6. The van der Waals surface area contributed by atoms with E-state index >= 15 is 0 Å². The Morgan fingerprint density at radius 3 is 2.29 bits per heavy atom. The summed E-state index contributed by atoms with van der Waals surface area (Å²) in [6.45, 7) is 6.96. The van der Waals surface area contributed by atoms with Crippen LogP contribution in [0.25, 0.3) is 0 Å². The average molecular weight is 403 g/mol. The number of rotatable bonds is 4. The molecule has 2 aliphatic heterocycles. The summed E-state index contributed by atoms with van der Waals surface area (Å²) >= 11 is 0. The van der Waals surface area contributed by atoms with Crippen LogP contribution in [0, 0.1) is 6.92 Å². The second-order valence-electron chi connectivity index (χ2n) is 7.43. The van der Waals surface area contributed by atoms with Gasteiger partial charge >= 0.3 is 0 Å². The van der Waals surface area contributed by atoms with Gasteiger partial charge in [0.25, 0.3) is 0 Å². The molecule has 2 aliphatic rings. The zero-order valence-electron chi connectivity index (χ0n) is 16.4. The number of piperazine rings is 1. The van der Waals surface area contributed by atoms with E-state index in [4.69, 9.17) is 4.98 Å². The summed E-state index contributed by atoms with van der Waals surface area (Å²) in [6, 6.07) is 5.32. The van der Waals surface area contributed by atoms with Crippen LogP contribution in [0.1, 0.15) is 18.5 Å². The molecule has 9 heteroatoms. The predicted molar refractivity (Wildman–Crippen MR) is 110 cm³/mol.